The number of rotatable bonds is 4. The molecule has 0 saturated carbocycles. The zero-order chi connectivity index (χ0) is 19.8. The molecule has 0 amide bonds. The fraction of sp³-hybridized carbons (Fsp3) is 0.125. The van der Waals surface area contributed by atoms with Crippen LogP contribution in [0.3, 0.4) is 0 Å². The van der Waals surface area contributed by atoms with Crippen molar-refractivity contribution in [1.29, 1.82) is 0 Å². The first-order valence-electron chi connectivity index (χ1n) is 7.40. The molecule has 6 nitrogen and oxygen atoms in total. The Morgan fingerprint density at radius 3 is 2.44 bits per heavy atom. The van der Waals surface area contributed by atoms with E-state index in [0.29, 0.717) is 0 Å². The minimum atomic E-state index is -4.61. The van der Waals surface area contributed by atoms with E-state index < -0.39 is 34.2 Å². The van der Waals surface area contributed by atoms with Crippen LogP contribution in [0.1, 0.15) is 10.5 Å². The summed E-state index contributed by atoms with van der Waals surface area (Å²) >= 11 is 5.92. The van der Waals surface area contributed by atoms with Gasteiger partial charge in [-0.1, -0.05) is 23.7 Å². The van der Waals surface area contributed by atoms with Gasteiger partial charge in [0.15, 0.2) is 5.69 Å². The number of hydrogen-bond acceptors (Lipinski definition) is 4. The smallest absolute Gasteiger partial charge is 0.292 e. The summed E-state index contributed by atoms with van der Waals surface area (Å²) in [4.78, 5) is 11.9. The molecule has 0 fully saturated rings. The molecule has 0 bridgehead atoms. The predicted molar refractivity (Wildman–Crippen MR) is 89.2 cm³/mol. The van der Waals surface area contributed by atoms with Gasteiger partial charge in [0.25, 0.3) is 5.91 Å². The van der Waals surface area contributed by atoms with Gasteiger partial charge in [0.2, 0.25) is 9.84 Å². The number of aromatic nitrogens is 3. The van der Waals surface area contributed by atoms with Gasteiger partial charge in [-0.2, -0.15) is 18.3 Å². The number of sulfone groups is 1. The lowest BCUT2D eigenvalue weighted by Crippen LogP contribution is -2.18. The quantitative estimate of drug-likeness (QED) is 0.651. The SMILES string of the molecule is O=C(Cn1ccc(C(F)(F)F)n1)n1ccc(S(=O)(=O)c2ccccc2Cl)c1. The van der Waals surface area contributed by atoms with Gasteiger partial charge in [-0.15, -0.1) is 0 Å². The summed E-state index contributed by atoms with van der Waals surface area (Å²) in [5, 5.41) is 3.32. The van der Waals surface area contributed by atoms with E-state index >= 15 is 0 Å². The molecule has 2 aromatic heterocycles. The summed E-state index contributed by atoms with van der Waals surface area (Å²) in [7, 11) is -3.95. The molecule has 0 spiro atoms. The van der Waals surface area contributed by atoms with Gasteiger partial charge in [0.1, 0.15) is 6.54 Å². The number of hydrogen-bond donors (Lipinski definition) is 0. The third-order valence-corrected chi connectivity index (χ3v) is 5.86. The molecule has 0 aliphatic carbocycles. The van der Waals surface area contributed by atoms with Gasteiger partial charge in [0.05, 0.1) is 14.8 Å². The predicted octanol–water partition coefficient (Wildman–Crippen LogP) is 3.53. The molecule has 0 saturated heterocycles. The molecule has 27 heavy (non-hydrogen) atoms. The molecule has 0 atom stereocenters. The highest BCUT2D eigenvalue weighted by molar-refractivity contribution is 7.91. The molecule has 2 heterocycles. The van der Waals surface area contributed by atoms with Crippen molar-refractivity contribution in [2.75, 3.05) is 0 Å². The molecule has 0 N–H and O–H groups in total. The topological polar surface area (TPSA) is 74.0 Å². The van der Waals surface area contributed by atoms with Crippen LogP contribution in [-0.4, -0.2) is 28.7 Å². The largest absolute Gasteiger partial charge is 0.435 e. The van der Waals surface area contributed by atoms with Crippen LogP contribution in [0.15, 0.2) is 64.8 Å². The molecule has 142 valence electrons. The third kappa shape index (κ3) is 3.91. The standard InChI is InChI=1S/C16H11ClF3N3O3S/c17-12-3-1-2-4-13(12)27(25,26)11-5-7-22(9-11)15(24)10-23-8-6-14(21-23)16(18,19)20/h1-9H,10H2. The van der Waals surface area contributed by atoms with Crippen LogP contribution in [0.25, 0.3) is 0 Å². The summed E-state index contributed by atoms with van der Waals surface area (Å²) in [6, 6.07) is 7.80. The Balaban J connectivity index is 1.82. The number of alkyl halides is 3. The average molecular weight is 418 g/mol. The highest BCUT2D eigenvalue weighted by Crippen LogP contribution is 2.28. The Hall–Kier alpha value is -2.59. The van der Waals surface area contributed by atoms with Crippen LogP contribution in [0, 0.1) is 0 Å². The number of carbonyl (C=O) groups is 1. The van der Waals surface area contributed by atoms with Gasteiger partial charge >= 0.3 is 6.18 Å². The van der Waals surface area contributed by atoms with Crippen LogP contribution < -0.4 is 0 Å². The Labute approximate surface area is 156 Å². The summed E-state index contributed by atoms with van der Waals surface area (Å²) in [6.07, 6.45) is -1.31. The van der Waals surface area contributed by atoms with E-state index in [9.17, 15) is 26.4 Å². The van der Waals surface area contributed by atoms with Gasteiger partial charge in [0, 0.05) is 18.6 Å². The first-order valence-corrected chi connectivity index (χ1v) is 9.26. The number of nitrogens with zero attached hydrogens (tertiary/aromatic N) is 3. The van der Waals surface area contributed by atoms with Crippen LogP contribution in [0.4, 0.5) is 13.2 Å². The van der Waals surface area contributed by atoms with E-state index in [1.807, 2.05) is 0 Å². The van der Waals surface area contributed by atoms with Crippen LogP contribution in [0.2, 0.25) is 5.02 Å². The summed E-state index contributed by atoms with van der Waals surface area (Å²) in [6.45, 7) is -0.490. The van der Waals surface area contributed by atoms with Crippen molar-refractivity contribution in [2.45, 2.75) is 22.5 Å². The van der Waals surface area contributed by atoms with E-state index in [4.69, 9.17) is 11.6 Å². The monoisotopic (exact) mass is 417 g/mol. The van der Waals surface area contributed by atoms with Crippen molar-refractivity contribution >= 4 is 27.3 Å². The first-order chi connectivity index (χ1) is 12.6. The lowest BCUT2D eigenvalue weighted by atomic mass is 10.4. The molecule has 0 aliphatic rings. The second-order valence-electron chi connectivity index (χ2n) is 5.48. The van der Waals surface area contributed by atoms with Gasteiger partial charge in [-0.25, -0.2) is 8.42 Å². The van der Waals surface area contributed by atoms with Crippen molar-refractivity contribution in [3.05, 3.63) is 65.7 Å². The molecule has 1 aromatic carbocycles. The summed E-state index contributed by atoms with van der Waals surface area (Å²) in [5.41, 5.74) is -1.12. The second kappa shape index (κ2) is 6.86. The molecule has 0 aliphatic heterocycles. The van der Waals surface area contributed by atoms with Crippen LogP contribution in [-0.2, 0) is 22.6 Å². The maximum Gasteiger partial charge on any atom is 0.435 e. The number of benzene rings is 1. The molecule has 3 rings (SSSR count). The second-order valence-corrected chi connectivity index (χ2v) is 7.80. The van der Waals surface area contributed by atoms with E-state index in [1.165, 1.54) is 30.5 Å². The minimum absolute atomic E-state index is 0.0350. The lowest BCUT2D eigenvalue weighted by molar-refractivity contribution is -0.141. The maximum atomic E-state index is 12.6. The van der Waals surface area contributed by atoms with Crippen molar-refractivity contribution in [2.24, 2.45) is 0 Å². The van der Waals surface area contributed by atoms with Gasteiger partial charge in [-0.3, -0.25) is 14.0 Å². The molecule has 0 radical (unpaired) electrons. The Kier molecular flexibility index (Phi) is 4.87. The van der Waals surface area contributed by atoms with E-state index in [0.717, 1.165) is 27.7 Å². The Bertz CT molecular complexity index is 1100. The van der Waals surface area contributed by atoms with E-state index in [2.05, 4.69) is 5.10 Å². The third-order valence-electron chi connectivity index (χ3n) is 3.62. The molecule has 3 aromatic rings. The fourth-order valence-electron chi connectivity index (χ4n) is 2.30. The number of halogens is 4. The normalized spacial score (nSPS) is 12.3. The molecular weight excluding hydrogens is 407 g/mol. The lowest BCUT2D eigenvalue weighted by Gasteiger charge is -2.05. The van der Waals surface area contributed by atoms with Crippen molar-refractivity contribution in [3.8, 4) is 0 Å². The summed E-state index contributed by atoms with van der Waals surface area (Å²) in [5.74, 6) is -0.660. The molecular formula is C16H11ClF3N3O3S. The van der Waals surface area contributed by atoms with Gasteiger partial charge in [-0.05, 0) is 24.3 Å². The zero-order valence-corrected chi connectivity index (χ0v) is 15.0. The van der Waals surface area contributed by atoms with Crippen LogP contribution >= 0.6 is 11.6 Å². The minimum Gasteiger partial charge on any atom is -0.292 e. The zero-order valence-electron chi connectivity index (χ0n) is 13.4. The molecule has 0 unspecified atom stereocenters. The van der Waals surface area contributed by atoms with Crippen molar-refractivity contribution in [3.63, 3.8) is 0 Å². The Morgan fingerprint density at radius 1 is 1.11 bits per heavy atom. The maximum absolute atomic E-state index is 12.6. The Morgan fingerprint density at radius 2 is 1.81 bits per heavy atom. The van der Waals surface area contributed by atoms with E-state index in [1.54, 1.807) is 6.07 Å². The van der Waals surface area contributed by atoms with E-state index in [-0.39, 0.29) is 14.8 Å². The highest BCUT2D eigenvalue weighted by atomic mass is 35.5. The summed E-state index contributed by atoms with van der Waals surface area (Å²) < 4.78 is 64.7. The van der Waals surface area contributed by atoms with Gasteiger partial charge < -0.3 is 0 Å². The fourth-order valence-corrected chi connectivity index (χ4v) is 4.07. The van der Waals surface area contributed by atoms with Crippen molar-refractivity contribution < 1.29 is 26.4 Å². The first kappa shape index (κ1) is 19.2. The highest BCUT2D eigenvalue weighted by Gasteiger charge is 2.33. The van der Waals surface area contributed by atoms with Crippen molar-refractivity contribution in [1.82, 2.24) is 14.3 Å². The average Bonchev–Trinajstić information content (AvgIpc) is 3.24. The van der Waals surface area contributed by atoms with Crippen LogP contribution in [0.5, 0.6) is 0 Å². The number of carbonyl (C=O) groups excluding carboxylic acids is 1. The molecule has 11 heteroatoms.